The maximum Gasteiger partial charge on any atom is 0.316 e. The number of benzene rings is 1. The van der Waals surface area contributed by atoms with Crippen LogP contribution >= 0.6 is 0 Å². The topological polar surface area (TPSA) is 84.5 Å². The molecule has 3 N–H and O–H groups in total. The molecule has 0 saturated carbocycles. The quantitative estimate of drug-likeness (QED) is 0.659. The van der Waals surface area contributed by atoms with E-state index in [1.165, 1.54) is 0 Å². The van der Waals surface area contributed by atoms with E-state index in [0.717, 1.165) is 16.8 Å². The maximum absolute atomic E-state index is 11.4. The fourth-order valence-corrected chi connectivity index (χ4v) is 2.13. The first kappa shape index (κ1) is 14.7. The molecule has 0 fully saturated rings. The summed E-state index contributed by atoms with van der Waals surface area (Å²) in [4.78, 5) is 21.8. The molecule has 0 heterocycles. The van der Waals surface area contributed by atoms with Crippen LogP contribution in [-0.2, 0) is 4.79 Å². The highest BCUT2D eigenvalue weighted by atomic mass is 16.3. The van der Waals surface area contributed by atoms with Crippen molar-refractivity contribution >= 4 is 17.3 Å². The number of nitrogens with two attached hydrogens (primary N) is 1. The number of carbonyl (C=O) groups excluding carboxylic acids is 1. The van der Waals surface area contributed by atoms with Crippen LogP contribution in [0.4, 0.5) is 11.4 Å². The van der Waals surface area contributed by atoms with E-state index in [2.05, 4.69) is 10.5 Å². The maximum atomic E-state index is 11.4. The minimum Gasteiger partial charge on any atom is -0.397 e. The van der Waals surface area contributed by atoms with Crippen molar-refractivity contribution in [1.82, 2.24) is 0 Å². The summed E-state index contributed by atoms with van der Waals surface area (Å²) in [7, 11) is 0. The molecule has 2 rings (SSSR count). The van der Waals surface area contributed by atoms with Gasteiger partial charge in [0, 0.05) is 10.7 Å². The lowest BCUT2D eigenvalue weighted by Gasteiger charge is -2.18. The van der Waals surface area contributed by atoms with Crippen molar-refractivity contribution in [3.05, 3.63) is 64.1 Å². The molecule has 1 aliphatic rings. The Labute approximate surface area is 123 Å². The Morgan fingerprint density at radius 2 is 2.05 bits per heavy atom. The Bertz CT molecular complexity index is 672. The fourth-order valence-electron chi connectivity index (χ4n) is 2.13. The van der Waals surface area contributed by atoms with Gasteiger partial charge in [-0.05, 0) is 43.2 Å². The summed E-state index contributed by atoms with van der Waals surface area (Å²) in [5, 5.41) is 5.74. The second-order valence-electron chi connectivity index (χ2n) is 4.90. The molecule has 1 amide bonds. The summed E-state index contributed by atoms with van der Waals surface area (Å²) >= 11 is 0. The standard InChI is InChI=1S/C16H17N3O2/c1-10-7-8-14(17)15(11(10)2)18-13-6-4-3-5-12(9-13)16(20)19-21/h3-9,13,18H,17H2,1-2H3. The first-order chi connectivity index (χ1) is 10.0. The molecule has 5 nitrogen and oxygen atoms in total. The van der Waals surface area contributed by atoms with E-state index < -0.39 is 5.91 Å². The number of nitrogens with one attached hydrogen (secondary N) is 1. The van der Waals surface area contributed by atoms with E-state index in [0.29, 0.717) is 5.69 Å². The van der Waals surface area contributed by atoms with Crippen LogP contribution < -0.4 is 11.1 Å². The fraction of sp³-hybridized carbons (Fsp3) is 0.188. The number of hydrogen-bond donors (Lipinski definition) is 2. The molecule has 0 aliphatic heterocycles. The molecule has 108 valence electrons. The highest BCUT2D eigenvalue weighted by Crippen LogP contribution is 2.27. The van der Waals surface area contributed by atoms with Crippen molar-refractivity contribution in [3.8, 4) is 0 Å². The number of aryl methyl sites for hydroxylation is 1. The summed E-state index contributed by atoms with van der Waals surface area (Å²) in [6, 6.07) is 3.55. The number of nitrogen functional groups attached to an aromatic ring is 1. The van der Waals surface area contributed by atoms with Gasteiger partial charge in [0.2, 0.25) is 0 Å². The van der Waals surface area contributed by atoms with Gasteiger partial charge < -0.3 is 11.1 Å². The zero-order valence-electron chi connectivity index (χ0n) is 12.0. The molecule has 0 radical (unpaired) electrons. The highest BCUT2D eigenvalue weighted by Gasteiger charge is 2.14. The average molecular weight is 283 g/mol. The molecule has 1 atom stereocenters. The van der Waals surface area contributed by atoms with Gasteiger partial charge in [-0.1, -0.05) is 24.3 Å². The molecule has 0 spiro atoms. The summed E-state index contributed by atoms with van der Waals surface area (Å²) < 4.78 is 0. The van der Waals surface area contributed by atoms with Crippen LogP contribution in [0.1, 0.15) is 11.1 Å². The Morgan fingerprint density at radius 3 is 2.76 bits per heavy atom. The second-order valence-corrected chi connectivity index (χ2v) is 4.90. The molecule has 0 aromatic heterocycles. The van der Waals surface area contributed by atoms with Crippen LogP contribution in [0.15, 0.2) is 53.3 Å². The summed E-state index contributed by atoms with van der Waals surface area (Å²) in [6.45, 7) is 3.99. The molecular weight excluding hydrogens is 266 g/mol. The number of amides is 1. The van der Waals surface area contributed by atoms with Crippen molar-refractivity contribution in [2.45, 2.75) is 19.9 Å². The molecule has 0 saturated heterocycles. The van der Waals surface area contributed by atoms with Gasteiger partial charge in [0.05, 0.1) is 17.4 Å². The van der Waals surface area contributed by atoms with E-state index in [4.69, 9.17) is 5.73 Å². The summed E-state index contributed by atoms with van der Waals surface area (Å²) in [5.41, 5.74) is 9.91. The smallest absolute Gasteiger partial charge is 0.316 e. The molecule has 1 aromatic rings. The van der Waals surface area contributed by atoms with Gasteiger partial charge in [-0.3, -0.25) is 4.79 Å². The molecular formula is C16H17N3O2. The second kappa shape index (κ2) is 6.17. The predicted molar refractivity (Wildman–Crippen MR) is 84.9 cm³/mol. The largest absolute Gasteiger partial charge is 0.397 e. The normalized spacial score (nSPS) is 17.0. The number of rotatable bonds is 3. The third-order valence-corrected chi connectivity index (χ3v) is 3.47. The van der Waals surface area contributed by atoms with Crippen LogP contribution in [0.5, 0.6) is 0 Å². The number of carbonyl (C=O) groups is 1. The first-order valence-electron chi connectivity index (χ1n) is 6.59. The van der Waals surface area contributed by atoms with Gasteiger partial charge >= 0.3 is 5.91 Å². The van der Waals surface area contributed by atoms with Crippen molar-refractivity contribution in [2.75, 3.05) is 11.1 Å². The average Bonchev–Trinajstić information content (AvgIpc) is 2.72. The van der Waals surface area contributed by atoms with E-state index in [-0.39, 0.29) is 11.6 Å². The molecule has 5 heteroatoms. The molecule has 1 aromatic carbocycles. The van der Waals surface area contributed by atoms with Gasteiger partial charge in [0.15, 0.2) is 0 Å². The van der Waals surface area contributed by atoms with Crippen LogP contribution in [0.3, 0.4) is 0 Å². The number of nitrogens with zero attached hydrogens (tertiary/aromatic N) is 1. The third kappa shape index (κ3) is 3.25. The number of anilines is 2. The Morgan fingerprint density at radius 1 is 1.29 bits per heavy atom. The number of allylic oxidation sites excluding steroid dienone is 2. The van der Waals surface area contributed by atoms with Gasteiger partial charge in [0.1, 0.15) is 0 Å². The van der Waals surface area contributed by atoms with E-state index in [1.807, 2.05) is 32.1 Å². The zero-order valence-corrected chi connectivity index (χ0v) is 12.0. The highest BCUT2D eigenvalue weighted by molar-refractivity contribution is 5.97. The van der Waals surface area contributed by atoms with Crippen molar-refractivity contribution in [2.24, 2.45) is 5.18 Å². The van der Waals surface area contributed by atoms with Crippen molar-refractivity contribution < 1.29 is 4.79 Å². The van der Waals surface area contributed by atoms with Crippen molar-refractivity contribution in [3.63, 3.8) is 0 Å². The van der Waals surface area contributed by atoms with Gasteiger partial charge in [0.25, 0.3) is 0 Å². The minimum atomic E-state index is -0.782. The lowest BCUT2D eigenvalue weighted by Crippen LogP contribution is -2.17. The molecule has 1 unspecified atom stereocenters. The Balaban J connectivity index is 2.33. The van der Waals surface area contributed by atoms with E-state index in [9.17, 15) is 9.70 Å². The number of nitroso groups, excluding NO2 is 1. The monoisotopic (exact) mass is 283 g/mol. The lowest BCUT2D eigenvalue weighted by molar-refractivity contribution is -0.114. The van der Waals surface area contributed by atoms with E-state index in [1.54, 1.807) is 24.3 Å². The van der Waals surface area contributed by atoms with E-state index >= 15 is 0 Å². The Hall–Kier alpha value is -2.69. The lowest BCUT2D eigenvalue weighted by atomic mass is 10.1. The molecule has 1 aliphatic carbocycles. The SMILES string of the molecule is Cc1ccc(N)c(NC2C=CC=CC(C(=O)N=O)=C2)c1C. The minimum absolute atomic E-state index is 0.247. The van der Waals surface area contributed by atoms with Crippen LogP contribution in [0.2, 0.25) is 0 Å². The van der Waals surface area contributed by atoms with Crippen molar-refractivity contribution in [1.29, 1.82) is 0 Å². The first-order valence-corrected chi connectivity index (χ1v) is 6.59. The van der Waals surface area contributed by atoms with Crippen LogP contribution in [-0.4, -0.2) is 11.9 Å². The summed E-state index contributed by atoms with van der Waals surface area (Å²) in [6.07, 6.45) is 8.60. The van der Waals surface area contributed by atoms with Crippen LogP contribution in [0.25, 0.3) is 0 Å². The Kier molecular flexibility index (Phi) is 4.33. The third-order valence-electron chi connectivity index (χ3n) is 3.47. The number of hydrogen-bond acceptors (Lipinski definition) is 4. The molecule has 21 heavy (non-hydrogen) atoms. The molecule has 0 bridgehead atoms. The zero-order chi connectivity index (χ0) is 15.4. The summed E-state index contributed by atoms with van der Waals surface area (Å²) in [5.74, 6) is -0.782. The van der Waals surface area contributed by atoms with Crippen LogP contribution in [0, 0.1) is 18.8 Å². The van der Waals surface area contributed by atoms with Gasteiger partial charge in [-0.25, -0.2) is 0 Å². The predicted octanol–water partition coefficient (Wildman–Crippen LogP) is 3.01. The van der Waals surface area contributed by atoms with Gasteiger partial charge in [-0.15, -0.1) is 4.91 Å². The van der Waals surface area contributed by atoms with Gasteiger partial charge in [-0.2, -0.15) is 0 Å².